The zero-order valence-electron chi connectivity index (χ0n) is 16.3. The summed E-state index contributed by atoms with van der Waals surface area (Å²) in [5.74, 6) is 0.831. The SMILES string of the molecule is CC1(c2cccc(NC(=O)c3cccc(-c4cccnc4)c3)c2)CCSC(=N)C1. The summed E-state index contributed by atoms with van der Waals surface area (Å²) in [5, 5.41) is 11.8. The van der Waals surface area contributed by atoms with Crippen molar-refractivity contribution >= 4 is 28.4 Å². The number of thioether (sulfide) groups is 1. The van der Waals surface area contributed by atoms with Gasteiger partial charge >= 0.3 is 0 Å². The third kappa shape index (κ3) is 4.40. The largest absolute Gasteiger partial charge is 0.322 e. The Morgan fingerprint density at radius 1 is 1.10 bits per heavy atom. The molecule has 1 fully saturated rings. The highest BCUT2D eigenvalue weighted by molar-refractivity contribution is 8.13. The fraction of sp³-hybridized carbons (Fsp3) is 0.208. The van der Waals surface area contributed by atoms with Gasteiger partial charge in [0.05, 0.1) is 5.04 Å². The van der Waals surface area contributed by atoms with Crippen LogP contribution >= 0.6 is 11.8 Å². The van der Waals surface area contributed by atoms with Gasteiger partial charge in [0.2, 0.25) is 0 Å². The monoisotopic (exact) mass is 401 g/mol. The molecule has 1 amide bonds. The van der Waals surface area contributed by atoms with Gasteiger partial charge in [0, 0.05) is 35.6 Å². The first-order valence-electron chi connectivity index (χ1n) is 9.66. The van der Waals surface area contributed by atoms with Crippen LogP contribution in [0.1, 0.15) is 35.7 Å². The number of rotatable bonds is 4. The van der Waals surface area contributed by atoms with Gasteiger partial charge in [-0.1, -0.05) is 37.3 Å². The van der Waals surface area contributed by atoms with E-state index in [9.17, 15) is 4.79 Å². The molecule has 3 aromatic rings. The molecule has 1 aliphatic heterocycles. The molecule has 1 saturated heterocycles. The van der Waals surface area contributed by atoms with E-state index in [4.69, 9.17) is 5.41 Å². The predicted molar refractivity (Wildman–Crippen MR) is 121 cm³/mol. The molecule has 0 saturated carbocycles. The van der Waals surface area contributed by atoms with Gasteiger partial charge in [-0.05, 0) is 59.0 Å². The van der Waals surface area contributed by atoms with Gasteiger partial charge in [0.25, 0.3) is 5.91 Å². The standard InChI is InChI=1S/C24H23N3OS/c1-24(10-12-29-22(25)15-24)20-8-3-9-21(14-20)27-23(28)18-6-2-5-17(13-18)19-7-4-11-26-16-19/h2-9,11,13-14,16,25H,10,12,15H2,1H3,(H,27,28). The molecular weight excluding hydrogens is 378 g/mol. The summed E-state index contributed by atoms with van der Waals surface area (Å²) in [6.45, 7) is 2.21. The van der Waals surface area contributed by atoms with Crippen molar-refractivity contribution in [1.82, 2.24) is 4.98 Å². The quantitative estimate of drug-likeness (QED) is 0.584. The van der Waals surface area contributed by atoms with Crippen molar-refractivity contribution in [2.75, 3.05) is 11.1 Å². The first kappa shape index (κ1) is 19.4. The number of pyridine rings is 1. The third-order valence-corrected chi connectivity index (χ3v) is 6.32. The average molecular weight is 402 g/mol. The Labute approximate surface area is 175 Å². The van der Waals surface area contributed by atoms with E-state index in [2.05, 4.69) is 23.3 Å². The molecule has 1 aliphatic rings. The van der Waals surface area contributed by atoms with E-state index in [1.54, 1.807) is 24.2 Å². The minimum absolute atomic E-state index is 0.0523. The van der Waals surface area contributed by atoms with Crippen molar-refractivity contribution in [3.8, 4) is 11.1 Å². The molecule has 4 nitrogen and oxygen atoms in total. The number of carbonyl (C=O) groups excluding carboxylic acids is 1. The molecule has 1 aromatic heterocycles. The molecule has 4 rings (SSSR count). The lowest BCUT2D eigenvalue weighted by molar-refractivity contribution is 0.102. The second-order valence-electron chi connectivity index (χ2n) is 7.62. The molecule has 146 valence electrons. The average Bonchev–Trinajstić information content (AvgIpc) is 2.74. The Morgan fingerprint density at radius 2 is 1.93 bits per heavy atom. The van der Waals surface area contributed by atoms with E-state index in [1.165, 1.54) is 5.56 Å². The number of anilines is 1. The van der Waals surface area contributed by atoms with Crippen molar-refractivity contribution in [2.24, 2.45) is 0 Å². The first-order chi connectivity index (χ1) is 14.0. The molecule has 0 spiro atoms. The number of nitrogens with zero attached hydrogens (tertiary/aromatic N) is 1. The topological polar surface area (TPSA) is 65.8 Å². The Hall–Kier alpha value is -2.92. The van der Waals surface area contributed by atoms with E-state index < -0.39 is 0 Å². The second kappa shape index (κ2) is 8.21. The molecule has 1 atom stereocenters. The van der Waals surface area contributed by atoms with Gasteiger partial charge in [-0.2, -0.15) is 0 Å². The van der Waals surface area contributed by atoms with Crippen LogP contribution < -0.4 is 5.32 Å². The van der Waals surface area contributed by atoms with Crippen molar-refractivity contribution in [3.63, 3.8) is 0 Å². The highest BCUT2D eigenvalue weighted by atomic mass is 32.2. The summed E-state index contributed by atoms with van der Waals surface area (Å²) < 4.78 is 0. The second-order valence-corrected chi connectivity index (χ2v) is 8.81. The number of benzene rings is 2. The normalized spacial score (nSPS) is 19.0. The maximum atomic E-state index is 12.9. The van der Waals surface area contributed by atoms with Crippen LogP contribution in [0.25, 0.3) is 11.1 Å². The van der Waals surface area contributed by atoms with Gasteiger partial charge in [0.1, 0.15) is 0 Å². The Morgan fingerprint density at radius 3 is 2.72 bits per heavy atom. The zero-order chi connectivity index (χ0) is 20.3. The molecule has 5 heteroatoms. The van der Waals surface area contributed by atoms with Crippen LogP contribution in [0.3, 0.4) is 0 Å². The van der Waals surface area contributed by atoms with Gasteiger partial charge < -0.3 is 5.32 Å². The Bertz CT molecular complexity index is 1050. The third-order valence-electron chi connectivity index (χ3n) is 5.42. The van der Waals surface area contributed by atoms with Gasteiger partial charge in [0.15, 0.2) is 0 Å². The number of carbonyl (C=O) groups is 1. The van der Waals surface area contributed by atoms with Crippen LogP contribution in [-0.4, -0.2) is 21.7 Å². The Kier molecular flexibility index (Phi) is 5.49. The molecule has 0 bridgehead atoms. The van der Waals surface area contributed by atoms with E-state index in [-0.39, 0.29) is 11.3 Å². The molecule has 2 N–H and O–H groups in total. The summed E-state index contributed by atoms with van der Waals surface area (Å²) in [6, 6.07) is 19.5. The van der Waals surface area contributed by atoms with E-state index in [0.717, 1.165) is 40.5 Å². The van der Waals surface area contributed by atoms with Crippen LogP contribution in [0.15, 0.2) is 73.1 Å². The number of amides is 1. The number of hydrogen-bond donors (Lipinski definition) is 2. The minimum atomic E-state index is -0.134. The van der Waals surface area contributed by atoms with Crippen molar-refractivity contribution < 1.29 is 4.79 Å². The maximum absolute atomic E-state index is 12.9. The fourth-order valence-corrected chi connectivity index (χ4v) is 4.91. The predicted octanol–water partition coefficient (Wildman–Crippen LogP) is 5.76. The van der Waals surface area contributed by atoms with E-state index in [0.29, 0.717) is 5.56 Å². The molecule has 0 radical (unpaired) electrons. The summed E-state index contributed by atoms with van der Waals surface area (Å²) in [7, 11) is 0. The molecule has 2 aromatic carbocycles. The molecular formula is C24H23N3OS. The first-order valence-corrected chi connectivity index (χ1v) is 10.6. The summed E-state index contributed by atoms with van der Waals surface area (Å²) in [6.07, 6.45) is 5.31. The Balaban J connectivity index is 1.54. The van der Waals surface area contributed by atoms with Crippen LogP contribution in [0.4, 0.5) is 5.69 Å². The molecule has 0 aliphatic carbocycles. The summed E-state index contributed by atoms with van der Waals surface area (Å²) in [4.78, 5) is 17.0. The highest BCUT2D eigenvalue weighted by Gasteiger charge is 2.31. The fourth-order valence-electron chi connectivity index (χ4n) is 3.69. The van der Waals surface area contributed by atoms with Crippen LogP contribution in [0.2, 0.25) is 0 Å². The molecule has 1 unspecified atom stereocenters. The lowest BCUT2D eigenvalue weighted by Crippen LogP contribution is -2.29. The van der Waals surface area contributed by atoms with E-state index >= 15 is 0 Å². The van der Waals surface area contributed by atoms with Gasteiger partial charge in [-0.3, -0.25) is 15.2 Å². The maximum Gasteiger partial charge on any atom is 0.255 e. The summed E-state index contributed by atoms with van der Waals surface area (Å²) in [5.41, 5.74) is 4.46. The lowest BCUT2D eigenvalue weighted by atomic mass is 9.77. The number of hydrogen-bond acceptors (Lipinski definition) is 4. The lowest BCUT2D eigenvalue weighted by Gasteiger charge is -2.34. The smallest absolute Gasteiger partial charge is 0.255 e. The molecule has 29 heavy (non-hydrogen) atoms. The van der Waals surface area contributed by atoms with Crippen LogP contribution in [0.5, 0.6) is 0 Å². The molecule has 2 heterocycles. The zero-order valence-corrected chi connectivity index (χ0v) is 17.1. The van der Waals surface area contributed by atoms with Crippen molar-refractivity contribution in [2.45, 2.75) is 25.2 Å². The number of nitrogens with one attached hydrogen (secondary N) is 2. The van der Waals surface area contributed by atoms with Crippen molar-refractivity contribution in [3.05, 3.63) is 84.2 Å². The number of aromatic nitrogens is 1. The van der Waals surface area contributed by atoms with E-state index in [1.807, 2.05) is 54.6 Å². The highest BCUT2D eigenvalue weighted by Crippen LogP contribution is 2.39. The van der Waals surface area contributed by atoms with Gasteiger partial charge in [-0.15, -0.1) is 11.8 Å². The summed E-state index contributed by atoms with van der Waals surface area (Å²) >= 11 is 1.64. The minimum Gasteiger partial charge on any atom is -0.322 e. The van der Waals surface area contributed by atoms with Crippen LogP contribution in [0, 0.1) is 5.41 Å². The van der Waals surface area contributed by atoms with Gasteiger partial charge in [-0.25, -0.2) is 0 Å². The van der Waals surface area contributed by atoms with Crippen molar-refractivity contribution in [1.29, 1.82) is 5.41 Å². The van der Waals surface area contributed by atoms with Crippen LogP contribution in [-0.2, 0) is 5.41 Å².